The number of carbonyl (C=O) groups excluding carboxylic acids is 3. The maximum absolute atomic E-state index is 15.0. The van der Waals surface area contributed by atoms with E-state index in [-0.39, 0.29) is 30.8 Å². The Bertz CT molecular complexity index is 1080. The molecular weight excluding hydrogens is 439 g/mol. The summed E-state index contributed by atoms with van der Waals surface area (Å²) in [5, 5.41) is 2.62. The highest BCUT2D eigenvalue weighted by molar-refractivity contribution is 5.90. The molecule has 2 aromatic rings. The Morgan fingerprint density at radius 2 is 1.94 bits per heavy atom. The molecule has 2 aliphatic heterocycles. The number of nitrogens with one attached hydrogen (secondary N) is 1. The predicted octanol–water partition coefficient (Wildman–Crippen LogP) is 2.65. The van der Waals surface area contributed by atoms with Crippen LogP contribution in [0.4, 0.5) is 14.9 Å². The zero-order valence-corrected chi connectivity index (χ0v) is 19.1. The summed E-state index contributed by atoms with van der Waals surface area (Å²) in [4.78, 5) is 38.3. The third kappa shape index (κ3) is 5.53. The van der Waals surface area contributed by atoms with Crippen molar-refractivity contribution in [2.75, 3.05) is 31.1 Å². The maximum Gasteiger partial charge on any atom is 0.414 e. The topological polar surface area (TPSA) is 105 Å². The number of nitrogens with two attached hydrogens (primary N) is 1. The van der Waals surface area contributed by atoms with Crippen LogP contribution in [-0.2, 0) is 20.9 Å². The van der Waals surface area contributed by atoms with Crippen molar-refractivity contribution < 1.29 is 23.5 Å². The van der Waals surface area contributed by atoms with Gasteiger partial charge >= 0.3 is 6.09 Å². The van der Waals surface area contributed by atoms with Crippen LogP contribution in [0.3, 0.4) is 0 Å². The van der Waals surface area contributed by atoms with Gasteiger partial charge in [-0.15, -0.1) is 0 Å². The molecule has 0 radical (unpaired) electrons. The van der Waals surface area contributed by atoms with Gasteiger partial charge in [-0.05, 0) is 48.7 Å². The van der Waals surface area contributed by atoms with E-state index in [2.05, 4.69) is 10.2 Å². The quantitative estimate of drug-likeness (QED) is 0.650. The minimum Gasteiger partial charge on any atom is -0.442 e. The summed E-state index contributed by atoms with van der Waals surface area (Å²) in [5.74, 6) is -0.996. The molecule has 34 heavy (non-hydrogen) atoms. The lowest BCUT2D eigenvalue weighted by atomic mass is 9.97. The molecule has 2 saturated heterocycles. The first kappa shape index (κ1) is 23.7. The summed E-state index contributed by atoms with van der Waals surface area (Å²) in [6.45, 7) is 4.14. The van der Waals surface area contributed by atoms with Gasteiger partial charge in [-0.2, -0.15) is 0 Å². The van der Waals surface area contributed by atoms with Gasteiger partial charge in [0.15, 0.2) is 0 Å². The number of piperidine rings is 1. The lowest BCUT2D eigenvalue weighted by Gasteiger charge is -2.31. The van der Waals surface area contributed by atoms with Gasteiger partial charge in [0, 0.05) is 25.6 Å². The number of anilines is 1. The van der Waals surface area contributed by atoms with E-state index in [4.69, 9.17) is 10.5 Å². The molecule has 2 fully saturated rings. The molecule has 9 heteroatoms. The van der Waals surface area contributed by atoms with E-state index in [1.807, 2.05) is 24.3 Å². The molecule has 8 nitrogen and oxygen atoms in total. The fourth-order valence-electron chi connectivity index (χ4n) is 4.48. The van der Waals surface area contributed by atoms with Gasteiger partial charge in [-0.25, -0.2) is 9.18 Å². The Morgan fingerprint density at radius 1 is 1.18 bits per heavy atom. The molecule has 0 saturated carbocycles. The van der Waals surface area contributed by atoms with E-state index in [0.29, 0.717) is 24.3 Å². The Morgan fingerprint density at radius 3 is 2.62 bits per heavy atom. The molecule has 3 amide bonds. The molecular formula is C25H29FN4O4. The number of primary amides is 1. The molecule has 180 valence electrons. The second kappa shape index (κ2) is 10.2. The number of amides is 3. The predicted molar refractivity (Wildman–Crippen MR) is 125 cm³/mol. The normalized spacial score (nSPS) is 20.8. The van der Waals surface area contributed by atoms with E-state index in [0.717, 1.165) is 30.5 Å². The number of halogens is 1. The summed E-state index contributed by atoms with van der Waals surface area (Å²) in [7, 11) is 0. The van der Waals surface area contributed by atoms with Crippen molar-refractivity contribution >= 4 is 23.6 Å². The van der Waals surface area contributed by atoms with Crippen LogP contribution in [0.2, 0.25) is 0 Å². The number of ether oxygens (including phenoxy) is 1. The molecule has 4 rings (SSSR count). The summed E-state index contributed by atoms with van der Waals surface area (Å²) in [6.07, 6.45) is 0.737. The van der Waals surface area contributed by atoms with Gasteiger partial charge in [0.25, 0.3) is 0 Å². The maximum atomic E-state index is 15.0. The summed E-state index contributed by atoms with van der Waals surface area (Å²) < 4.78 is 20.2. The molecule has 2 atom stereocenters. The van der Waals surface area contributed by atoms with Crippen molar-refractivity contribution in [3.05, 3.63) is 53.8 Å². The molecule has 3 N–H and O–H groups in total. The number of hydrogen-bond donors (Lipinski definition) is 2. The van der Waals surface area contributed by atoms with Gasteiger partial charge in [0.2, 0.25) is 11.8 Å². The summed E-state index contributed by atoms with van der Waals surface area (Å²) in [6, 6.07) is 12.3. The third-order valence-corrected chi connectivity index (χ3v) is 6.30. The Labute approximate surface area is 197 Å². The second-order valence-corrected chi connectivity index (χ2v) is 8.89. The van der Waals surface area contributed by atoms with Crippen LogP contribution in [0.5, 0.6) is 0 Å². The molecule has 2 aliphatic rings. The largest absolute Gasteiger partial charge is 0.442 e. The number of nitrogens with zero attached hydrogens (tertiary/aromatic N) is 2. The van der Waals surface area contributed by atoms with Crippen LogP contribution < -0.4 is 16.0 Å². The van der Waals surface area contributed by atoms with Gasteiger partial charge in [-0.3, -0.25) is 19.4 Å². The number of rotatable bonds is 7. The molecule has 0 unspecified atom stereocenters. The lowest BCUT2D eigenvalue weighted by Crippen LogP contribution is -2.40. The van der Waals surface area contributed by atoms with Gasteiger partial charge in [0.1, 0.15) is 11.9 Å². The molecule has 0 aliphatic carbocycles. The van der Waals surface area contributed by atoms with Crippen molar-refractivity contribution in [1.29, 1.82) is 0 Å². The van der Waals surface area contributed by atoms with Crippen molar-refractivity contribution in [2.24, 2.45) is 11.7 Å². The minimum absolute atomic E-state index is 0.103. The van der Waals surface area contributed by atoms with Crippen molar-refractivity contribution in [3.8, 4) is 11.1 Å². The fraction of sp³-hybridized carbons (Fsp3) is 0.400. The van der Waals surface area contributed by atoms with Crippen LogP contribution in [0, 0.1) is 11.7 Å². The van der Waals surface area contributed by atoms with E-state index < -0.39 is 18.0 Å². The average molecular weight is 469 g/mol. The van der Waals surface area contributed by atoms with Crippen LogP contribution in [-0.4, -0.2) is 55.1 Å². The Kier molecular flexibility index (Phi) is 7.12. The highest BCUT2D eigenvalue weighted by Crippen LogP contribution is 2.29. The Hall–Kier alpha value is -3.46. The molecule has 2 heterocycles. The Balaban J connectivity index is 1.40. The lowest BCUT2D eigenvalue weighted by molar-refractivity contribution is -0.123. The van der Waals surface area contributed by atoms with E-state index in [1.165, 1.54) is 17.9 Å². The van der Waals surface area contributed by atoms with E-state index in [1.54, 1.807) is 12.1 Å². The van der Waals surface area contributed by atoms with Gasteiger partial charge in [0.05, 0.1) is 24.7 Å². The van der Waals surface area contributed by atoms with Crippen LogP contribution in [0.15, 0.2) is 42.5 Å². The van der Waals surface area contributed by atoms with Gasteiger partial charge in [-0.1, -0.05) is 24.3 Å². The number of carbonyl (C=O) groups is 3. The smallest absolute Gasteiger partial charge is 0.414 e. The molecule has 0 spiro atoms. The minimum atomic E-state index is -0.567. The molecule has 0 aromatic heterocycles. The van der Waals surface area contributed by atoms with Gasteiger partial charge < -0.3 is 15.8 Å². The van der Waals surface area contributed by atoms with Crippen LogP contribution in [0.25, 0.3) is 11.1 Å². The summed E-state index contributed by atoms with van der Waals surface area (Å²) >= 11 is 0. The van der Waals surface area contributed by atoms with E-state index >= 15 is 0 Å². The fourth-order valence-corrected chi connectivity index (χ4v) is 4.48. The van der Waals surface area contributed by atoms with E-state index in [9.17, 15) is 18.8 Å². The number of hydrogen-bond acceptors (Lipinski definition) is 5. The monoisotopic (exact) mass is 468 g/mol. The van der Waals surface area contributed by atoms with Crippen molar-refractivity contribution in [3.63, 3.8) is 0 Å². The highest BCUT2D eigenvalue weighted by atomic mass is 19.1. The number of cyclic esters (lactones) is 1. The first-order valence-electron chi connectivity index (χ1n) is 11.4. The SMILES string of the molecule is CC(=O)NC[C@H]1CN(c2ccc(-c3ccc(CN4CCC[C@@H](C(N)=O)C4)cc3)c(F)c2)C(=O)O1. The summed E-state index contributed by atoms with van der Waals surface area (Å²) in [5.41, 5.74) is 8.12. The van der Waals surface area contributed by atoms with Crippen molar-refractivity contribution in [2.45, 2.75) is 32.4 Å². The average Bonchev–Trinajstić information content (AvgIpc) is 3.19. The zero-order valence-electron chi connectivity index (χ0n) is 19.1. The molecule has 0 bridgehead atoms. The number of likely N-dealkylation sites (tertiary alicyclic amines) is 1. The first-order valence-corrected chi connectivity index (χ1v) is 11.4. The van der Waals surface area contributed by atoms with Crippen LogP contribution >= 0.6 is 0 Å². The first-order chi connectivity index (χ1) is 16.3. The van der Waals surface area contributed by atoms with Crippen LogP contribution in [0.1, 0.15) is 25.3 Å². The zero-order chi connectivity index (χ0) is 24.2. The molecule has 2 aromatic carbocycles. The van der Waals surface area contributed by atoms with Crippen molar-refractivity contribution in [1.82, 2.24) is 10.2 Å². The number of benzene rings is 2. The highest BCUT2D eigenvalue weighted by Gasteiger charge is 2.32. The third-order valence-electron chi connectivity index (χ3n) is 6.30. The second-order valence-electron chi connectivity index (χ2n) is 8.89. The standard InChI is InChI=1S/C25H29FN4O4/c1-16(31)28-12-21-15-30(25(33)34-21)20-8-9-22(23(26)11-20)18-6-4-17(5-7-18)13-29-10-2-3-19(14-29)24(27)32/h4-9,11,19,21H,2-3,10,12-15H2,1H3,(H2,27,32)(H,28,31)/t19-,21+/m1/s1.